The van der Waals surface area contributed by atoms with E-state index in [4.69, 9.17) is 14.2 Å². The smallest absolute Gasteiger partial charge is 0.329 e. The van der Waals surface area contributed by atoms with E-state index in [2.05, 4.69) is 21.3 Å². The van der Waals surface area contributed by atoms with Gasteiger partial charge in [0, 0.05) is 19.5 Å². The fourth-order valence-electron chi connectivity index (χ4n) is 3.92. The summed E-state index contributed by atoms with van der Waals surface area (Å²) in [6, 6.07) is -3.04. The van der Waals surface area contributed by atoms with E-state index in [1.807, 2.05) is 6.92 Å². The Balaban J connectivity index is 2.89. The number of carbonyl (C=O) groups excluding carboxylic acids is 4. The average Bonchev–Trinajstić information content (AvgIpc) is 2.85. The van der Waals surface area contributed by atoms with Gasteiger partial charge >= 0.3 is 23.9 Å². The zero-order chi connectivity index (χ0) is 33.9. The molecule has 13 nitrogen and oxygen atoms in total. The normalized spacial score (nSPS) is 13.4. The number of ether oxygens (including phenoxy) is 3. The molecule has 44 heavy (non-hydrogen) atoms. The van der Waals surface area contributed by atoms with E-state index in [1.54, 1.807) is 62.3 Å². The van der Waals surface area contributed by atoms with Crippen molar-refractivity contribution in [1.82, 2.24) is 10.6 Å². The van der Waals surface area contributed by atoms with E-state index >= 15 is 0 Å². The van der Waals surface area contributed by atoms with E-state index in [0.717, 1.165) is 6.42 Å². The summed E-state index contributed by atoms with van der Waals surface area (Å²) in [5, 5.41) is 11.1. The Morgan fingerprint density at radius 3 is 1.50 bits per heavy atom. The molecule has 4 N–H and O–H groups in total. The number of esters is 3. The summed E-state index contributed by atoms with van der Waals surface area (Å²) in [5.41, 5.74) is -2.94. The van der Waals surface area contributed by atoms with Gasteiger partial charge in [-0.2, -0.15) is 0 Å². The van der Waals surface area contributed by atoms with Gasteiger partial charge in [0.2, 0.25) is 0 Å². The number of rotatable bonds is 16. The summed E-state index contributed by atoms with van der Waals surface area (Å²) in [6.07, 6.45) is 1.75. The first kappa shape index (κ1) is 38.4. The second-order valence-electron chi connectivity index (χ2n) is 13.7. The van der Waals surface area contributed by atoms with Gasteiger partial charge in [-0.25, -0.2) is 14.4 Å². The van der Waals surface area contributed by atoms with Gasteiger partial charge in [0.1, 0.15) is 40.3 Å². The van der Waals surface area contributed by atoms with Crippen LogP contribution in [0.1, 0.15) is 108 Å². The molecule has 0 aliphatic heterocycles. The van der Waals surface area contributed by atoms with Crippen molar-refractivity contribution in [2.75, 3.05) is 23.7 Å². The first-order valence-corrected chi connectivity index (χ1v) is 15.2. The number of carbonyl (C=O) groups is 4. The van der Waals surface area contributed by atoms with Crippen LogP contribution in [0.2, 0.25) is 0 Å². The standard InChI is InChI=1S/C31H52N4O9/c1-11-17-32-22-23(25(38)24(22)37)33-18-13-12-14-19(26(39)43-30(5,6)7)34-28(41)35-20(27(40)44-31(8,9)10)15-16-21(36)42-29(2,3)4/h19-20,32-33H,11-18H2,1-10H3,(H2,34,35,41). The summed E-state index contributed by atoms with van der Waals surface area (Å²) >= 11 is 0. The first-order valence-electron chi connectivity index (χ1n) is 15.2. The van der Waals surface area contributed by atoms with Gasteiger partial charge in [0.15, 0.2) is 0 Å². The Labute approximate surface area is 260 Å². The highest BCUT2D eigenvalue weighted by Crippen LogP contribution is 2.17. The van der Waals surface area contributed by atoms with Crippen molar-refractivity contribution in [3.8, 4) is 0 Å². The zero-order valence-corrected chi connectivity index (χ0v) is 28.0. The molecule has 13 heteroatoms. The quantitative estimate of drug-likeness (QED) is 0.0915. The Morgan fingerprint density at radius 1 is 0.636 bits per heavy atom. The Morgan fingerprint density at radius 2 is 1.07 bits per heavy atom. The third-order valence-electron chi connectivity index (χ3n) is 5.73. The second kappa shape index (κ2) is 16.4. The molecule has 0 heterocycles. The van der Waals surface area contributed by atoms with Crippen molar-refractivity contribution in [3.05, 3.63) is 20.4 Å². The molecule has 0 aromatic heterocycles. The Kier molecular flexibility index (Phi) is 14.3. The number of nitrogens with one attached hydrogen (secondary N) is 4. The summed E-state index contributed by atoms with van der Waals surface area (Å²) < 4.78 is 16.2. The van der Waals surface area contributed by atoms with Gasteiger partial charge in [-0.15, -0.1) is 0 Å². The van der Waals surface area contributed by atoms with E-state index in [-0.39, 0.29) is 30.6 Å². The van der Waals surface area contributed by atoms with Crippen molar-refractivity contribution in [2.24, 2.45) is 0 Å². The maximum Gasteiger partial charge on any atom is 0.329 e. The molecular formula is C31H52N4O9. The van der Waals surface area contributed by atoms with E-state index in [1.165, 1.54) is 0 Å². The average molecular weight is 625 g/mol. The van der Waals surface area contributed by atoms with Crippen LogP contribution in [0.4, 0.5) is 16.2 Å². The van der Waals surface area contributed by atoms with Crippen molar-refractivity contribution < 1.29 is 33.4 Å². The highest BCUT2D eigenvalue weighted by atomic mass is 16.6. The van der Waals surface area contributed by atoms with Crippen molar-refractivity contribution in [1.29, 1.82) is 0 Å². The van der Waals surface area contributed by atoms with Crippen molar-refractivity contribution in [2.45, 2.75) is 137 Å². The largest absolute Gasteiger partial charge is 0.460 e. The molecule has 0 aliphatic rings. The van der Waals surface area contributed by atoms with Crippen LogP contribution < -0.4 is 32.1 Å². The molecular weight excluding hydrogens is 572 g/mol. The van der Waals surface area contributed by atoms with Crippen LogP contribution in [0.3, 0.4) is 0 Å². The SMILES string of the molecule is CCCNc1c(NCCCCC(NC(=O)NC(CCC(=O)OC(C)(C)C)C(=O)OC(C)(C)C)C(=O)OC(C)(C)C)c(=O)c1=O. The minimum atomic E-state index is -1.18. The molecule has 250 valence electrons. The number of hydrogen-bond acceptors (Lipinski definition) is 11. The van der Waals surface area contributed by atoms with Gasteiger partial charge in [-0.05, 0) is 94.4 Å². The molecule has 0 saturated carbocycles. The third-order valence-corrected chi connectivity index (χ3v) is 5.73. The highest BCUT2D eigenvalue weighted by molar-refractivity contribution is 5.87. The number of hydrogen-bond donors (Lipinski definition) is 4. The molecule has 1 aromatic rings. The molecule has 0 spiro atoms. The number of anilines is 2. The third kappa shape index (κ3) is 14.7. The van der Waals surface area contributed by atoms with Crippen LogP contribution in [0.5, 0.6) is 0 Å². The fourth-order valence-corrected chi connectivity index (χ4v) is 3.92. The molecule has 1 rings (SSSR count). The van der Waals surface area contributed by atoms with E-state index in [0.29, 0.717) is 25.9 Å². The zero-order valence-electron chi connectivity index (χ0n) is 28.0. The molecule has 2 unspecified atom stereocenters. The second-order valence-corrected chi connectivity index (χ2v) is 13.7. The van der Waals surface area contributed by atoms with Gasteiger partial charge in [-0.1, -0.05) is 6.92 Å². The van der Waals surface area contributed by atoms with Gasteiger partial charge in [0.05, 0.1) is 0 Å². The Bertz CT molecular complexity index is 1200. The van der Waals surface area contributed by atoms with E-state index in [9.17, 15) is 28.8 Å². The summed E-state index contributed by atoms with van der Waals surface area (Å²) in [6.45, 7) is 18.2. The lowest BCUT2D eigenvalue weighted by Crippen LogP contribution is -2.53. The maximum atomic E-state index is 13.0. The molecule has 0 bridgehead atoms. The molecule has 2 amide bonds. The lowest BCUT2D eigenvalue weighted by atomic mass is 10.1. The summed E-state index contributed by atoms with van der Waals surface area (Å²) in [5.74, 6) is -1.93. The van der Waals surface area contributed by atoms with Crippen LogP contribution >= 0.6 is 0 Å². The van der Waals surface area contributed by atoms with Crippen LogP contribution in [-0.4, -0.2) is 65.9 Å². The molecule has 0 radical (unpaired) electrons. The highest BCUT2D eigenvalue weighted by Gasteiger charge is 2.31. The van der Waals surface area contributed by atoms with Gasteiger partial charge in [0.25, 0.3) is 10.9 Å². The summed E-state index contributed by atoms with van der Waals surface area (Å²) in [7, 11) is 0. The van der Waals surface area contributed by atoms with Gasteiger partial charge in [-0.3, -0.25) is 14.4 Å². The topological polar surface area (TPSA) is 178 Å². The van der Waals surface area contributed by atoms with Crippen LogP contribution in [0.15, 0.2) is 9.59 Å². The van der Waals surface area contributed by atoms with Crippen LogP contribution in [0.25, 0.3) is 0 Å². The molecule has 0 aliphatic carbocycles. The predicted octanol–water partition coefficient (Wildman–Crippen LogP) is 3.53. The maximum absolute atomic E-state index is 13.0. The van der Waals surface area contributed by atoms with Crippen LogP contribution in [-0.2, 0) is 28.6 Å². The number of amides is 2. The summed E-state index contributed by atoms with van der Waals surface area (Å²) in [4.78, 5) is 74.9. The van der Waals surface area contributed by atoms with E-state index < -0.39 is 63.7 Å². The molecule has 0 fully saturated rings. The molecule has 1 aromatic carbocycles. The van der Waals surface area contributed by atoms with Crippen molar-refractivity contribution >= 4 is 35.3 Å². The molecule has 0 saturated heterocycles. The minimum absolute atomic E-state index is 0.0772. The lowest BCUT2D eigenvalue weighted by molar-refractivity contribution is -0.159. The molecule has 2 atom stereocenters. The lowest BCUT2D eigenvalue weighted by Gasteiger charge is -2.27. The first-order chi connectivity index (χ1) is 20.1. The fraction of sp³-hybridized carbons (Fsp3) is 0.742. The number of unbranched alkanes of at least 4 members (excludes halogenated alkanes) is 1. The van der Waals surface area contributed by atoms with Crippen molar-refractivity contribution in [3.63, 3.8) is 0 Å². The Hall–Kier alpha value is -3.64. The minimum Gasteiger partial charge on any atom is -0.460 e. The van der Waals surface area contributed by atoms with Crippen LogP contribution in [0, 0.1) is 0 Å². The predicted molar refractivity (Wildman–Crippen MR) is 168 cm³/mol. The van der Waals surface area contributed by atoms with Gasteiger partial charge < -0.3 is 35.5 Å². The number of urea groups is 1. The monoisotopic (exact) mass is 624 g/mol.